The highest BCUT2D eigenvalue weighted by Crippen LogP contribution is 2.24. The van der Waals surface area contributed by atoms with Crippen LogP contribution in [-0.4, -0.2) is 49.1 Å². The molecule has 0 spiro atoms. The smallest absolute Gasteiger partial charge is 0.350 e. The Morgan fingerprint density at radius 2 is 1.93 bits per heavy atom. The van der Waals surface area contributed by atoms with E-state index < -0.39 is 0 Å². The number of guanidine groups is 1. The number of ether oxygens (including phenoxy) is 1. The number of rotatable bonds is 9. The van der Waals surface area contributed by atoms with Crippen molar-refractivity contribution in [2.45, 2.75) is 33.7 Å². The van der Waals surface area contributed by atoms with Gasteiger partial charge in [0.1, 0.15) is 9.88 Å². The van der Waals surface area contributed by atoms with E-state index in [9.17, 15) is 9.59 Å². The van der Waals surface area contributed by atoms with Crippen LogP contribution in [0, 0.1) is 6.92 Å². The Morgan fingerprint density at radius 3 is 2.60 bits per heavy atom. The Balaban J connectivity index is 1.93. The maximum atomic E-state index is 12.1. The molecule has 30 heavy (non-hydrogen) atoms. The summed E-state index contributed by atoms with van der Waals surface area (Å²) in [6.07, 6.45) is 0. The number of carbonyl (C=O) groups excluding carboxylic acids is 2. The number of esters is 1. The Morgan fingerprint density at radius 1 is 1.20 bits per heavy atom. The predicted molar refractivity (Wildman–Crippen MR) is 119 cm³/mol. The minimum Gasteiger partial charge on any atom is -0.462 e. The third-order valence-electron chi connectivity index (χ3n) is 4.05. The van der Waals surface area contributed by atoms with Gasteiger partial charge >= 0.3 is 5.97 Å². The number of hydrogen-bond acceptors (Lipinski definition) is 6. The minimum absolute atomic E-state index is 0.123. The molecule has 8 nitrogen and oxygen atoms in total. The molecule has 2 rings (SSSR count). The first kappa shape index (κ1) is 23.3. The molecule has 0 aliphatic rings. The molecule has 1 atom stereocenters. The molecule has 0 saturated heterocycles. The van der Waals surface area contributed by atoms with Crippen molar-refractivity contribution in [2.24, 2.45) is 4.99 Å². The van der Waals surface area contributed by atoms with Gasteiger partial charge in [0.2, 0.25) is 0 Å². The van der Waals surface area contributed by atoms with E-state index >= 15 is 0 Å². The quantitative estimate of drug-likeness (QED) is 0.244. The first-order chi connectivity index (χ1) is 14.5. The molecule has 9 heteroatoms. The largest absolute Gasteiger partial charge is 0.462 e. The lowest BCUT2D eigenvalue weighted by atomic mass is 10.2. The van der Waals surface area contributed by atoms with Gasteiger partial charge in [-0.1, -0.05) is 18.2 Å². The Hall–Kier alpha value is -2.94. The summed E-state index contributed by atoms with van der Waals surface area (Å²) in [5.41, 5.74) is 1.28. The summed E-state index contributed by atoms with van der Waals surface area (Å²) >= 11 is 1.32. The molecule has 0 fully saturated rings. The van der Waals surface area contributed by atoms with Gasteiger partial charge in [0.15, 0.2) is 5.96 Å². The maximum Gasteiger partial charge on any atom is 0.350 e. The van der Waals surface area contributed by atoms with Gasteiger partial charge in [-0.2, -0.15) is 0 Å². The van der Waals surface area contributed by atoms with Gasteiger partial charge in [0.05, 0.1) is 24.9 Å². The molecule has 2 aromatic rings. The SMILES string of the molecule is CCNC(=NCCNC(=O)c1ccccc1)NC(C)c1nc(C)c(C(=O)OCC)s1. The van der Waals surface area contributed by atoms with E-state index in [2.05, 4.69) is 25.9 Å². The second kappa shape index (κ2) is 11.9. The number of nitrogens with zero attached hydrogens (tertiary/aromatic N) is 2. The molecule has 0 bridgehead atoms. The molecule has 1 unspecified atom stereocenters. The van der Waals surface area contributed by atoms with Crippen LogP contribution in [0.5, 0.6) is 0 Å². The van der Waals surface area contributed by atoms with Crippen LogP contribution in [0.25, 0.3) is 0 Å². The molecule has 1 aromatic heterocycles. The van der Waals surface area contributed by atoms with Crippen molar-refractivity contribution < 1.29 is 14.3 Å². The summed E-state index contributed by atoms with van der Waals surface area (Å²) in [6.45, 7) is 9.38. The standard InChI is InChI=1S/C21H29N5O3S/c1-5-22-21(24-13-12-23-18(27)16-10-8-7-9-11-16)26-15(4)19-25-14(3)17(30-19)20(28)29-6-2/h7-11,15H,5-6,12-13H2,1-4H3,(H,23,27)(H2,22,24,26). The molecule has 1 aromatic carbocycles. The van der Waals surface area contributed by atoms with Crippen molar-refractivity contribution >= 4 is 29.2 Å². The molecule has 0 saturated carbocycles. The van der Waals surface area contributed by atoms with E-state index in [-0.39, 0.29) is 17.9 Å². The van der Waals surface area contributed by atoms with Crippen LogP contribution in [0.1, 0.15) is 57.5 Å². The Bertz CT molecular complexity index is 867. The lowest BCUT2D eigenvalue weighted by Crippen LogP contribution is -2.39. The second-order valence-corrected chi connectivity index (χ2v) is 7.47. The Labute approximate surface area is 181 Å². The number of aromatic nitrogens is 1. The van der Waals surface area contributed by atoms with Gasteiger partial charge in [0.25, 0.3) is 5.91 Å². The van der Waals surface area contributed by atoms with Crippen molar-refractivity contribution in [1.82, 2.24) is 20.9 Å². The van der Waals surface area contributed by atoms with Crippen molar-refractivity contribution in [1.29, 1.82) is 0 Å². The lowest BCUT2D eigenvalue weighted by Gasteiger charge is -2.16. The summed E-state index contributed by atoms with van der Waals surface area (Å²) in [7, 11) is 0. The lowest BCUT2D eigenvalue weighted by molar-refractivity contribution is 0.0531. The molecule has 1 amide bonds. The van der Waals surface area contributed by atoms with Crippen LogP contribution in [0.2, 0.25) is 0 Å². The van der Waals surface area contributed by atoms with E-state index in [0.29, 0.717) is 48.3 Å². The number of aliphatic imine (C=N–C) groups is 1. The van der Waals surface area contributed by atoms with Crippen LogP contribution in [-0.2, 0) is 4.74 Å². The molecular weight excluding hydrogens is 402 g/mol. The third kappa shape index (κ3) is 6.84. The molecule has 162 valence electrons. The summed E-state index contributed by atoms with van der Waals surface area (Å²) in [6, 6.07) is 8.92. The monoisotopic (exact) mass is 431 g/mol. The van der Waals surface area contributed by atoms with Crippen molar-refractivity contribution in [2.75, 3.05) is 26.2 Å². The van der Waals surface area contributed by atoms with Gasteiger partial charge in [-0.3, -0.25) is 9.79 Å². The van der Waals surface area contributed by atoms with E-state index in [0.717, 1.165) is 5.01 Å². The number of benzene rings is 1. The van der Waals surface area contributed by atoms with Gasteiger partial charge in [-0.15, -0.1) is 11.3 Å². The topological polar surface area (TPSA) is 105 Å². The zero-order chi connectivity index (χ0) is 21.9. The molecule has 3 N–H and O–H groups in total. The highest BCUT2D eigenvalue weighted by atomic mass is 32.1. The summed E-state index contributed by atoms with van der Waals surface area (Å²) in [4.78, 5) is 33.6. The highest BCUT2D eigenvalue weighted by molar-refractivity contribution is 7.13. The number of nitrogens with one attached hydrogen (secondary N) is 3. The van der Waals surface area contributed by atoms with E-state index in [4.69, 9.17) is 4.74 Å². The second-order valence-electron chi connectivity index (χ2n) is 6.44. The van der Waals surface area contributed by atoms with Gasteiger partial charge in [0, 0.05) is 18.7 Å². The first-order valence-electron chi connectivity index (χ1n) is 9.98. The number of amides is 1. The maximum absolute atomic E-state index is 12.1. The number of aryl methyl sites for hydroxylation is 1. The van der Waals surface area contributed by atoms with Crippen molar-refractivity contribution in [3.63, 3.8) is 0 Å². The van der Waals surface area contributed by atoms with Gasteiger partial charge in [-0.25, -0.2) is 9.78 Å². The Kier molecular flexibility index (Phi) is 9.27. The van der Waals surface area contributed by atoms with Crippen molar-refractivity contribution in [3.05, 3.63) is 51.5 Å². The highest BCUT2D eigenvalue weighted by Gasteiger charge is 2.20. The van der Waals surface area contributed by atoms with Gasteiger partial charge in [-0.05, 0) is 39.8 Å². The summed E-state index contributed by atoms with van der Waals surface area (Å²) < 4.78 is 5.08. The summed E-state index contributed by atoms with van der Waals surface area (Å²) in [5, 5.41) is 10.1. The normalized spacial score (nSPS) is 12.2. The average Bonchev–Trinajstić information content (AvgIpc) is 3.14. The first-order valence-corrected chi connectivity index (χ1v) is 10.8. The number of thiazole rings is 1. The minimum atomic E-state index is -0.347. The fourth-order valence-corrected chi connectivity index (χ4v) is 3.57. The van der Waals surface area contributed by atoms with E-state index in [1.807, 2.05) is 32.0 Å². The number of hydrogen-bond donors (Lipinski definition) is 3. The molecule has 0 aliphatic heterocycles. The molecule has 0 aliphatic carbocycles. The van der Waals surface area contributed by atoms with E-state index in [1.165, 1.54) is 11.3 Å². The van der Waals surface area contributed by atoms with E-state index in [1.54, 1.807) is 26.0 Å². The van der Waals surface area contributed by atoms with Crippen molar-refractivity contribution in [3.8, 4) is 0 Å². The zero-order valence-corrected chi connectivity index (χ0v) is 18.6. The molecular formula is C21H29N5O3S. The zero-order valence-electron chi connectivity index (χ0n) is 17.8. The van der Waals surface area contributed by atoms with Crippen LogP contribution >= 0.6 is 11.3 Å². The van der Waals surface area contributed by atoms with Crippen LogP contribution in [0.3, 0.4) is 0 Å². The number of carbonyl (C=O) groups is 2. The average molecular weight is 432 g/mol. The molecule has 1 heterocycles. The fourth-order valence-electron chi connectivity index (χ4n) is 2.60. The van der Waals surface area contributed by atoms with Crippen LogP contribution in [0.4, 0.5) is 0 Å². The fraction of sp³-hybridized carbons (Fsp3) is 0.429. The molecule has 0 radical (unpaired) electrons. The summed E-state index contributed by atoms with van der Waals surface area (Å²) in [5.74, 6) is 0.145. The van der Waals surface area contributed by atoms with Gasteiger partial charge < -0.3 is 20.7 Å². The predicted octanol–water partition coefficient (Wildman–Crippen LogP) is 2.67. The van der Waals surface area contributed by atoms with Crippen LogP contribution < -0.4 is 16.0 Å². The van der Waals surface area contributed by atoms with Crippen LogP contribution in [0.15, 0.2) is 35.3 Å². The third-order valence-corrected chi connectivity index (χ3v) is 5.37.